The summed E-state index contributed by atoms with van der Waals surface area (Å²) in [6.45, 7) is 0.391. The topological polar surface area (TPSA) is 100 Å². The van der Waals surface area contributed by atoms with Gasteiger partial charge in [0.15, 0.2) is 0 Å². The summed E-state index contributed by atoms with van der Waals surface area (Å²) in [6, 6.07) is -0.248. The Balaban J connectivity index is 2.77. The maximum Gasteiger partial charge on any atom is 0.472 e. The van der Waals surface area contributed by atoms with E-state index in [1.807, 2.05) is 0 Å². The predicted molar refractivity (Wildman–Crippen MR) is 60.5 cm³/mol. The van der Waals surface area contributed by atoms with E-state index in [0.29, 0.717) is 13.0 Å². The van der Waals surface area contributed by atoms with Gasteiger partial charge in [-0.1, -0.05) is 0 Å². The van der Waals surface area contributed by atoms with Crippen LogP contribution in [0, 0.1) is 5.92 Å². The van der Waals surface area contributed by atoms with Crippen molar-refractivity contribution >= 4 is 7.82 Å². The van der Waals surface area contributed by atoms with Crippen molar-refractivity contribution in [2.24, 2.45) is 11.7 Å². The average molecular weight is 269 g/mol. The van der Waals surface area contributed by atoms with E-state index in [9.17, 15) is 9.46 Å². The summed E-state index contributed by atoms with van der Waals surface area (Å²) in [5.74, 6) is -0.0874. The molecule has 0 saturated heterocycles. The molecule has 0 aromatic rings. The molecule has 1 aliphatic rings. The second-order valence-electron chi connectivity index (χ2n) is 4.04. The van der Waals surface area contributed by atoms with Crippen molar-refractivity contribution in [3.8, 4) is 0 Å². The Hall–Kier alpha value is -0.0100. The Morgan fingerprint density at radius 3 is 2.47 bits per heavy atom. The largest absolute Gasteiger partial charge is 0.472 e. The van der Waals surface area contributed by atoms with Crippen molar-refractivity contribution in [3.63, 3.8) is 0 Å². The molecule has 0 spiro atoms. The maximum atomic E-state index is 11.4. The molecule has 2 unspecified atom stereocenters. The van der Waals surface area contributed by atoms with Crippen LogP contribution in [0.4, 0.5) is 0 Å². The highest BCUT2D eigenvalue weighted by molar-refractivity contribution is 7.47. The Morgan fingerprint density at radius 1 is 1.35 bits per heavy atom. The van der Waals surface area contributed by atoms with E-state index < -0.39 is 20.0 Å². The molecule has 1 fully saturated rings. The van der Waals surface area contributed by atoms with Crippen LogP contribution in [-0.2, 0) is 23.1 Å². The van der Waals surface area contributed by atoms with Crippen LogP contribution in [0.2, 0.25) is 0 Å². The Labute approximate surface area is 101 Å². The van der Waals surface area contributed by atoms with Gasteiger partial charge in [-0.2, -0.15) is 0 Å². The van der Waals surface area contributed by atoms with Gasteiger partial charge in [0, 0.05) is 33.3 Å². The molecule has 7 nitrogen and oxygen atoms in total. The standard InChI is InChI=1S/C9H20NO6P/c1-13-5-6-4-7(10)9(14-2)8(6)16-17(11,12)15-3/h6-9H,4-5,10H2,1-3H3,(H,11,12)/t6-,7-,8+,9?/m1/s1. The molecule has 17 heavy (non-hydrogen) atoms. The quantitative estimate of drug-likeness (QED) is 0.661. The number of phosphoric ester groups is 1. The zero-order valence-corrected chi connectivity index (χ0v) is 11.1. The molecule has 0 aliphatic heterocycles. The van der Waals surface area contributed by atoms with E-state index in [1.165, 1.54) is 7.11 Å². The van der Waals surface area contributed by atoms with Crippen LogP contribution >= 0.6 is 7.82 Å². The molecular weight excluding hydrogens is 249 g/mol. The van der Waals surface area contributed by atoms with Gasteiger partial charge in [-0.3, -0.25) is 9.05 Å². The lowest BCUT2D eigenvalue weighted by molar-refractivity contribution is -0.0267. The zero-order valence-electron chi connectivity index (χ0n) is 10.2. The number of phosphoric acid groups is 1. The number of rotatable bonds is 6. The fraction of sp³-hybridized carbons (Fsp3) is 1.00. The molecule has 102 valence electrons. The molecule has 0 aromatic carbocycles. The fourth-order valence-corrected chi connectivity index (χ4v) is 2.84. The first kappa shape index (κ1) is 15.0. The van der Waals surface area contributed by atoms with E-state index in [2.05, 4.69) is 4.52 Å². The predicted octanol–water partition coefficient (Wildman–Crippen LogP) is 0.127. The van der Waals surface area contributed by atoms with Gasteiger partial charge in [-0.15, -0.1) is 0 Å². The van der Waals surface area contributed by atoms with Crippen molar-refractivity contribution in [2.45, 2.75) is 24.7 Å². The summed E-state index contributed by atoms with van der Waals surface area (Å²) in [5, 5.41) is 0. The third-order valence-corrected chi connectivity index (χ3v) is 3.90. The minimum absolute atomic E-state index is 0.0874. The highest BCUT2D eigenvalue weighted by Crippen LogP contribution is 2.47. The van der Waals surface area contributed by atoms with Crippen molar-refractivity contribution in [1.82, 2.24) is 0 Å². The van der Waals surface area contributed by atoms with Crippen LogP contribution in [0.15, 0.2) is 0 Å². The van der Waals surface area contributed by atoms with Gasteiger partial charge in [0.05, 0.1) is 12.7 Å². The van der Waals surface area contributed by atoms with E-state index in [4.69, 9.17) is 19.7 Å². The molecule has 8 heteroatoms. The van der Waals surface area contributed by atoms with Gasteiger partial charge in [0.25, 0.3) is 0 Å². The molecule has 0 heterocycles. The summed E-state index contributed by atoms with van der Waals surface area (Å²) >= 11 is 0. The zero-order chi connectivity index (χ0) is 13.1. The summed E-state index contributed by atoms with van der Waals surface area (Å²) in [7, 11) is 0.106. The third kappa shape index (κ3) is 3.72. The Morgan fingerprint density at radius 2 is 2.00 bits per heavy atom. The number of hydrogen-bond donors (Lipinski definition) is 2. The minimum Gasteiger partial charge on any atom is -0.384 e. The van der Waals surface area contributed by atoms with Crippen molar-refractivity contribution in [3.05, 3.63) is 0 Å². The molecule has 5 atom stereocenters. The van der Waals surface area contributed by atoms with E-state index >= 15 is 0 Å². The monoisotopic (exact) mass is 269 g/mol. The van der Waals surface area contributed by atoms with Gasteiger partial charge in [-0.25, -0.2) is 4.57 Å². The van der Waals surface area contributed by atoms with Gasteiger partial charge in [-0.05, 0) is 6.42 Å². The molecule has 1 saturated carbocycles. The van der Waals surface area contributed by atoms with E-state index in [-0.39, 0.29) is 12.0 Å². The lowest BCUT2D eigenvalue weighted by Gasteiger charge is -2.25. The van der Waals surface area contributed by atoms with Gasteiger partial charge in [0.2, 0.25) is 0 Å². The van der Waals surface area contributed by atoms with Gasteiger partial charge < -0.3 is 20.1 Å². The van der Waals surface area contributed by atoms with Crippen LogP contribution in [-0.4, -0.2) is 51.1 Å². The van der Waals surface area contributed by atoms with E-state index in [0.717, 1.165) is 7.11 Å². The molecular formula is C9H20NO6P. The molecule has 1 aliphatic carbocycles. The third-order valence-electron chi connectivity index (χ3n) is 2.92. The van der Waals surface area contributed by atoms with Crippen LogP contribution in [0.5, 0.6) is 0 Å². The highest BCUT2D eigenvalue weighted by atomic mass is 31.2. The minimum atomic E-state index is -4.05. The number of ether oxygens (including phenoxy) is 2. The van der Waals surface area contributed by atoms with Crippen LogP contribution in [0.3, 0.4) is 0 Å². The lowest BCUT2D eigenvalue weighted by Crippen LogP contribution is -2.39. The number of nitrogens with two attached hydrogens (primary N) is 1. The maximum absolute atomic E-state index is 11.4. The Bertz CT molecular complexity index is 289. The highest BCUT2D eigenvalue weighted by Gasteiger charge is 2.46. The Kier molecular flexibility index (Phi) is 5.53. The first-order valence-corrected chi connectivity index (χ1v) is 6.79. The molecule has 0 bridgehead atoms. The van der Waals surface area contributed by atoms with Gasteiger partial charge in [0.1, 0.15) is 6.10 Å². The SMILES string of the molecule is COC[C@H]1C[C@@H](N)C(OC)[C@H]1OP(=O)(O)OC. The normalized spacial score (nSPS) is 37.0. The summed E-state index contributed by atoms with van der Waals surface area (Å²) in [6.07, 6.45) is -0.433. The molecule has 0 radical (unpaired) electrons. The first-order chi connectivity index (χ1) is 7.95. The fourth-order valence-electron chi connectivity index (χ4n) is 2.16. The molecule has 0 amide bonds. The van der Waals surface area contributed by atoms with Crippen molar-refractivity contribution in [2.75, 3.05) is 27.9 Å². The second kappa shape index (κ2) is 6.24. The summed E-state index contributed by atoms with van der Waals surface area (Å²) in [5.41, 5.74) is 5.89. The number of methoxy groups -OCH3 is 2. The van der Waals surface area contributed by atoms with Crippen molar-refractivity contribution < 1.29 is 28.0 Å². The molecule has 3 N–H and O–H groups in total. The average Bonchev–Trinajstić information content (AvgIpc) is 2.55. The first-order valence-electron chi connectivity index (χ1n) is 5.29. The summed E-state index contributed by atoms with van der Waals surface area (Å²) in [4.78, 5) is 9.34. The van der Waals surface area contributed by atoms with Crippen LogP contribution in [0.1, 0.15) is 6.42 Å². The molecule has 1 rings (SSSR count). The van der Waals surface area contributed by atoms with Crippen molar-refractivity contribution in [1.29, 1.82) is 0 Å². The number of hydrogen-bond acceptors (Lipinski definition) is 6. The van der Waals surface area contributed by atoms with Crippen LogP contribution in [0.25, 0.3) is 0 Å². The second-order valence-corrected chi connectivity index (χ2v) is 5.55. The van der Waals surface area contributed by atoms with Crippen LogP contribution < -0.4 is 5.73 Å². The lowest BCUT2D eigenvalue weighted by atomic mass is 10.1. The van der Waals surface area contributed by atoms with E-state index in [1.54, 1.807) is 7.11 Å². The summed E-state index contributed by atoms with van der Waals surface area (Å²) < 4.78 is 31.2. The van der Waals surface area contributed by atoms with Gasteiger partial charge >= 0.3 is 7.82 Å². The smallest absolute Gasteiger partial charge is 0.384 e. The molecule has 0 aromatic heterocycles.